The highest BCUT2D eigenvalue weighted by molar-refractivity contribution is 7.17. The number of hydrogen-bond donors (Lipinski definition) is 2. The largest absolute Gasteiger partial charge is 0.472 e. The molecule has 0 unspecified atom stereocenters. The molecule has 8 nitrogen and oxygen atoms in total. The topological polar surface area (TPSA) is 106 Å². The minimum absolute atomic E-state index is 0.0313. The number of aryl methyl sites for hydroxylation is 1. The number of nitrogens with one attached hydrogen (secondary N) is 2. The van der Waals surface area contributed by atoms with E-state index >= 15 is 0 Å². The summed E-state index contributed by atoms with van der Waals surface area (Å²) in [6.45, 7) is 1.86. The first-order chi connectivity index (χ1) is 13.0. The molecule has 27 heavy (non-hydrogen) atoms. The van der Waals surface area contributed by atoms with Crippen LogP contribution in [0.2, 0.25) is 0 Å². The van der Waals surface area contributed by atoms with Crippen molar-refractivity contribution in [2.75, 3.05) is 17.7 Å². The summed E-state index contributed by atoms with van der Waals surface area (Å²) in [6, 6.07) is 7.50. The van der Waals surface area contributed by atoms with E-state index in [2.05, 4.69) is 25.8 Å². The number of aromatic nitrogens is 3. The van der Waals surface area contributed by atoms with Crippen molar-refractivity contribution in [1.29, 1.82) is 0 Å². The first-order valence-electron chi connectivity index (χ1n) is 8.12. The smallest absolute Gasteiger partial charge is 0.295 e. The molecule has 0 saturated heterocycles. The molecular formula is C18H15N5O3S. The van der Waals surface area contributed by atoms with E-state index in [9.17, 15) is 9.59 Å². The second-order valence-corrected chi connectivity index (χ2v) is 6.94. The van der Waals surface area contributed by atoms with Gasteiger partial charge in [0, 0.05) is 17.6 Å². The molecule has 0 spiro atoms. The molecule has 2 aromatic heterocycles. The fraction of sp³-hybridized carbons (Fsp3) is 0.167. The summed E-state index contributed by atoms with van der Waals surface area (Å²) in [7, 11) is 1.49. The molecular weight excluding hydrogens is 366 g/mol. The Bertz CT molecular complexity index is 1060. The fourth-order valence-corrected chi connectivity index (χ4v) is 3.44. The number of methoxy groups -OCH3 is 1. The molecule has 2 N–H and O–H groups in total. The number of fused-ring (bicyclic) bond motifs is 1. The number of hydrogen-bond acceptors (Lipinski definition) is 7. The molecule has 2 amide bonds. The van der Waals surface area contributed by atoms with E-state index < -0.39 is 0 Å². The van der Waals surface area contributed by atoms with Gasteiger partial charge in [-0.1, -0.05) is 11.2 Å². The number of pyridine rings is 1. The number of benzene rings is 1. The second-order valence-electron chi connectivity index (χ2n) is 6.00. The van der Waals surface area contributed by atoms with Gasteiger partial charge < -0.3 is 10.1 Å². The van der Waals surface area contributed by atoms with Crippen LogP contribution in [0.15, 0.2) is 30.5 Å². The quantitative estimate of drug-likeness (QED) is 0.720. The zero-order valence-corrected chi connectivity index (χ0v) is 15.4. The van der Waals surface area contributed by atoms with Gasteiger partial charge in [0.1, 0.15) is 0 Å². The SMILES string of the molecule is COc1nnc(NC(=O)c2cnc(C)cc2-c2ccc3c(c2)CC(=O)N3)s1. The van der Waals surface area contributed by atoms with Crippen molar-refractivity contribution >= 4 is 34.0 Å². The first-order valence-corrected chi connectivity index (χ1v) is 8.94. The van der Waals surface area contributed by atoms with Gasteiger partial charge in [-0.15, -0.1) is 5.10 Å². The molecule has 0 radical (unpaired) electrons. The Morgan fingerprint density at radius 3 is 2.93 bits per heavy atom. The van der Waals surface area contributed by atoms with Crippen LogP contribution in [0.25, 0.3) is 11.1 Å². The minimum atomic E-state index is -0.342. The summed E-state index contributed by atoms with van der Waals surface area (Å²) in [5.74, 6) is -0.373. The van der Waals surface area contributed by atoms with Crippen LogP contribution >= 0.6 is 11.3 Å². The lowest BCUT2D eigenvalue weighted by atomic mass is 9.97. The van der Waals surface area contributed by atoms with Gasteiger partial charge >= 0.3 is 0 Å². The normalized spacial score (nSPS) is 12.4. The zero-order chi connectivity index (χ0) is 19.0. The molecule has 4 rings (SSSR count). The Balaban J connectivity index is 1.69. The van der Waals surface area contributed by atoms with Crippen molar-refractivity contribution < 1.29 is 14.3 Å². The van der Waals surface area contributed by atoms with Crippen molar-refractivity contribution in [2.45, 2.75) is 13.3 Å². The van der Waals surface area contributed by atoms with Crippen molar-refractivity contribution in [3.05, 3.63) is 47.3 Å². The number of anilines is 2. The van der Waals surface area contributed by atoms with Crippen molar-refractivity contribution in [2.24, 2.45) is 0 Å². The molecule has 3 aromatic rings. The highest BCUT2D eigenvalue weighted by Gasteiger charge is 2.20. The third-order valence-corrected chi connectivity index (χ3v) is 4.93. The van der Waals surface area contributed by atoms with Crippen LogP contribution in [0, 0.1) is 6.92 Å². The van der Waals surface area contributed by atoms with Crippen LogP contribution < -0.4 is 15.4 Å². The molecule has 0 atom stereocenters. The molecule has 3 heterocycles. The second kappa shape index (κ2) is 6.76. The summed E-state index contributed by atoms with van der Waals surface area (Å²) in [5, 5.41) is 13.9. The average molecular weight is 381 g/mol. The van der Waals surface area contributed by atoms with E-state index in [4.69, 9.17) is 4.74 Å². The third-order valence-electron chi connectivity index (χ3n) is 4.13. The van der Waals surface area contributed by atoms with E-state index in [-0.39, 0.29) is 11.8 Å². The fourth-order valence-electron chi connectivity index (χ4n) is 2.88. The van der Waals surface area contributed by atoms with E-state index in [1.807, 2.05) is 31.2 Å². The predicted molar refractivity (Wildman–Crippen MR) is 101 cm³/mol. The van der Waals surface area contributed by atoms with Gasteiger partial charge in [-0.25, -0.2) is 0 Å². The number of amides is 2. The number of carbonyl (C=O) groups is 2. The van der Waals surface area contributed by atoms with Gasteiger partial charge in [0.15, 0.2) is 0 Å². The molecule has 136 valence electrons. The third kappa shape index (κ3) is 3.36. The average Bonchev–Trinajstić information content (AvgIpc) is 3.25. The van der Waals surface area contributed by atoms with Gasteiger partial charge in [0.2, 0.25) is 11.0 Å². The number of nitrogens with zero attached hydrogens (tertiary/aromatic N) is 3. The van der Waals surface area contributed by atoms with Gasteiger partial charge in [0.25, 0.3) is 11.1 Å². The Kier molecular flexibility index (Phi) is 4.28. The Labute approximate surface area is 158 Å². The maximum absolute atomic E-state index is 12.8. The van der Waals surface area contributed by atoms with E-state index in [1.54, 1.807) is 0 Å². The molecule has 0 bridgehead atoms. The summed E-state index contributed by atoms with van der Waals surface area (Å²) in [5.41, 5.74) is 4.49. The van der Waals surface area contributed by atoms with Gasteiger partial charge in [-0.3, -0.25) is 19.9 Å². The molecule has 1 aliphatic rings. The van der Waals surface area contributed by atoms with E-state index in [1.165, 1.54) is 13.3 Å². The maximum atomic E-state index is 12.8. The zero-order valence-electron chi connectivity index (χ0n) is 14.6. The van der Waals surface area contributed by atoms with Crippen LogP contribution in [0.1, 0.15) is 21.6 Å². The summed E-state index contributed by atoms with van der Waals surface area (Å²) >= 11 is 1.13. The summed E-state index contributed by atoms with van der Waals surface area (Å²) in [4.78, 5) is 28.6. The van der Waals surface area contributed by atoms with Crippen LogP contribution in [-0.2, 0) is 11.2 Å². The standard InChI is InChI=1S/C18H15N5O3S/c1-9-5-12(10-3-4-14-11(6-10)7-15(24)20-14)13(8-19-9)16(25)21-17-22-23-18(26-2)27-17/h3-6,8H,7H2,1-2H3,(H,20,24)(H,21,22,25). The highest BCUT2D eigenvalue weighted by atomic mass is 32.1. The lowest BCUT2D eigenvalue weighted by Gasteiger charge is -2.11. The Hall–Kier alpha value is -3.33. The molecule has 0 fully saturated rings. The van der Waals surface area contributed by atoms with Crippen molar-refractivity contribution in [1.82, 2.24) is 15.2 Å². The number of ether oxygens (including phenoxy) is 1. The van der Waals surface area contributed by atoms with E-state index in [0.29, 0.717) is 22.3 Å². The molecule has 1 aromatic carbocycles. The minimum Gasteiger partial charge on any atom is -0.472 e. The summed E-state index contributed by atoms with van der Waals surface area (Å²) in [6.07, 6.45) is 1.87. The molecule has 0 saturated carbocycles. The lowest BCUT2D eigenvalue weighted by Crippen LogP contribution is -2.14. The number of carbonyl (C=O) groups excluding carboxylic acids is 2. The van der Waals surface area contributed by atoms with Crippen LogP contribution in [0.3, 0.4) is 0 Å². The van der Waals surface area contributed by atoms with E-state index in [0.717, 1.165) is 39.4 Å². The highest BCUT2D eigenvalue weighted by Crippen LogP contribution is 2.31. The van der Waals surface area contributed by atoms with Gasteiger partial charge in [0.05, 0.1) is 19.1 Å². The molecule has 9 heteroatoms. The molecule has 0 aliphatic carbocycles. The Morgan fingerprint density at radius 2 is 2.15 bits per heavy atom. The van der Waals surface area contributed by atoms with Crippen LogP contribution in [0.5, 0.6) is 5.19 Å². The Morgan fingerprint density at radius 1 is 1.30 bits per heavy atom. The van der Waals surface area contributed by atoms with Crippen LogP contribution in [0.4, 0.5) is 10.8 Å². The summed E-state index contributed by atoms with van der Waals surface area (Å²) < 4.78 is 4.99. The van der Waals surface area contributed by atoms with Crippen molar-refractivity contribution in [3.63, 3.8) is 0 Å². The maximum Gasteiger partial charge on any atom is 0.295 e. The first kappa shape index (κ1) is 17.1. The number of rotatable bonds is 4. The molecule has 1 aliphatic heterocycles. The van der Waals surface area contributed by atoms with Gasteiger partial charge in [-0.05, 0) is 53.1 Å². The monoisotopic (exact) mass is 381 g/mol. The predicted octanol–water partition coefficient (Wildman–Crippen LogP) is 2.66. The van der Waals surface area contributed by atoms with Crippen LogP contribution in [-0.4, -0.2) is 34.1 Å². The van der Waals surface area contributed by atoms with Crippen molar-refractivity contribution in [3.8, 4) is 16.3 Å². The lowest BCUT2D eigenvalue weighted by molar-refractivity contribution is -0.115. The van der Waals surface area contributed by atoms with Gasteiger partial charge in [-0.2, -0.15) is 0 Å².